The standard InChI is InChI=1S/C11H11ClN4S/c1-16-11(17-2)14-10(15-16)13-7-8-3-5-9(12)6-4-8/h3-7H,1-2H3/b13-7+. The summed E-state index contributed by atoms with van der Waals surface area (Å²) in [7, 11) is 1.85. The highest BCUT2D eigenvalue weighted by Gasteiger charge is 2.03. The van der Waals surface area contributed by atoms with Crippen LogP contribution < -0.4 is 0 Å². The highest BCUT2D eigenvalue weighted by molar-refractivity contribution is 7.98. The molecule has 0 bridgehead atoms. The van der Waals surface area contributed by atoms with Crippen LogP contribution in [0.15, 0.2) is 34.4 Å². The van der Waals surface area contributed by atoms with E-state index in [1.54, 1.807) is 10.9 Å². The van der Waals surface area contributed by atoms with Crippen molar-refractivity contribution >= 4 is 35.5 Å². The molecule has 0 fully saturated rings. The minimum absolute atomic E-state index is 0.465. The van der Waals surface area contributed by atoms with E-state index in [9.17, 15) is 0 Å². The molecule has 1 heterocycles. The van der Waals surface area contributed by atoms with Gasteiger partial charge in [-0.05, 0) is 24.0 Å². The Bertz CT molecular complexity index is 533. The quantitative estimate of drug-likeness (QED) is 0.634. The van der Waals surface area contributed by atoms with E-state index >= 15 is 0 Å². The van der Waals surface area contributed by atoms with Crippen molar-refractivity contribution in [3.63, 3.8) is 0 Å². The van der Waals surface area contributed by atoms with Gasteiger partial charge >= 0.3 is 0 Å². The molecule has 2 rings (SSSR count). The van der Waals surface area contributed by atoms with Crippen LogP contribution in [-0.2, 0) is 7.05 Å². The molecule has 0 saturated heterocycles. The lowest BCUT2D eigenvalue weighted by Gasteiger charge is -1.91. The summed E-state index contributed by atoms with van der Waals surface area (Å²) >= 11 is 7.33. The van der Waals surface area contributed by atoms with Gasteiger partial charge in [-0.2, -0.15) is 4.98 Å². The first-order chi connectivity index (χ1) is 8.19. The molecular formula is C11H11ClN4S. The number of aliphatic imine (C=N–C) groups is 1. The summed E-state index contributed by atoms with van der Waals surface area (Å²) in [5.74, 6) is 0.465. The van der Waals surface area contributed by atoms with Gasteiger partial charge in [-0.1, -0.05) is 35.5 Å². The maximum absolute atomic E-state index is 5.80. The second-order valence-corrected chi connectivity index (χ2v) is 4.54. The maximum Gasteiger partial charge on any atom is 0.269 e. The Morgan fingerprint density at radius 2 is 2.06 bits per heavy atom. The highest BCUT2D eigenvalue weighted by Crippen LogP contribution is 2.15. The fourth-order valence-electron chi connectivity index (χ4n) is 1.27. The van der Waals surface area contributed by atoms with Crippen molar-refractivity contribution in [1.82, 2.24) is 14.8 Å². The molecule has 0 spiro atoms. The molecule has 0 unspecified atom stereocenters. The van der Waals surface area contributed by atoms with Crippen LogP contribution in [0.4, 0.5) is 5.95 Å². The second kappa shape index (κ2) is 5.33. The molecule has 1 aromatic heterocycles. The summed E-state index contributed by atoms with van der Waals surface area (Å²) in [4.78, 5) is 8.46. The topological polar surface area (TPSA) is 43.1 Å². The average molecular weight is 267 g/mol. The van der Waals surface area contributed by atoms with Gasteiger partial charge in [0.15, 0.2) is 5.16 Å². The lowest BCUT2D eigenvalue weighted by atomic mass is 10.2. The van der Waals surface area contributed by atoms with Gasteiger partial charge < -0.3 is 0 Å². The van der Waals surface area contributed by atoms with Crippen LogP contribution in [0.1, 0.15) is 5.56 Å². The zero-order chi connectivity index (χ0) is 12.3. The first-order valence-electron chi connectivity index (χ1n) is 4.93. The van der Waals surface area contributed by atoms with Crippen LogP contribution in [0.3, 0.4) is 0 Å². The lowest BCUT2D eigenvalue weighted by Crippen LogP contribution is -1.91. The molecule has 88 valence electrons. The molecule has 0 amide bonds. The smallest absolute Gasteiger partial charge is 0.242 e. The van der Waals surface area contributed by atoms with Crippen LogP contribution in [-0.4, -0.2) is 27.2 Å². The van der Waals surface area contributed by atoms with Crippen molar-refractivity contribution < 1.29 is 0 Å². The SMILES string of the molecule is CSc1nc(/N=C/c2ccc(Cl)cc2)nn1C. The summed E-state index contributed by atoms with van der Waals surface area (Å²) in [6.45, 7) is 0. The van der Waals surface area contributed by atoms with Crippen molar-refractivity contribution in [2.75, 3.05) is 6.26 Å². The van der Waals surface area contributed by atoms with Crippen molar-refractivity contribution in [2.45, 2.75) is 5.16 Å². The number of halogens is 1. The molecule has 0 saturated carbocycles. The molecule has 1 aromatic carbocycles. The fraction of sp³-hybridized carbons (Fsp3) is 0.182. The Balaban J connectivity index is 2.17. The van der Waals surface area contributed by atoms with Gasteiger partial charge in [0.1, 0.15) is 0 Å². The predicted octanol–water partition coefficient (Wildman–Crippen LogP) is 2.94. The Morgan fingerprint density at radius 3 is 2.65 bits per heavy atom. The zero-order valence-corrected chi connectivity index (χ0v) is 11.0. The van der Waals surface area contributed by atoms with E-state index in [1.165, 1.54) is 11.8 Å². The van der Waals surface area contributed by atoms with Crippen molar-refractivity contribution in [1.29, 1.82) is 0 Å². The second-order valence-electron chi connectivity index (χ2n) is 3.33. The van der Waals surface area contributed by atoms with E-state index < -0.39 is 0 Å². The molecule has 6 heteroatoms. The van der Waals surface area contributed by atoms with E-state index in [-0.39, 0.29) is 0 Å². The van der Waals surface area contributed by atoms with Crippen molar-refractivity contribution in [3.05, 3.63) is 34.9 Å². The minimum atomic E-state index is 0.465. The van der Waals surface area contributed by atoms with Gasteiger partial charge in [0.2, 0.25) is 0 Å². The lowest BCUT2D eigenvalue weighted by molar-refractivity contribution is 0.686. The van der Waals surface area contributed by atoms with Gasteiger partial charge in [0.05, 0.1) is 0 Å². The number of aromatic nitrogens is 3. The predicted molar refractivity (Wildman–Crippen MR) is 71.5 cm³/mol. The van der Waals surface area contributed by atoms with Crippen LogP contribution in [0.5, 0.6) is 0 Å². The van der Waals surface area contributed by atoms with E-state index in [2.05, 4.69) is 15.1 Å². The first kappa shape index (κ1) is 12.1. The van der Waals surface area contributed by atoms with Crippen LogP contribution in [0.25, 0.3) is 0 Å². The van der Waals surface area contributed by atoms with Gasteiger partial charge in [0.25, 0.3) is 5.95 Å². The third kappa shape index (κ3) is 3.08. The van der Waals surface area contributed by atoms with E-state index in [0.29, 0.717) is 11.0 Å². The third-order valence-electron chi connectivity index (χ3n) is 2.09. The van der Waals surface area contributed by atoms with Gasteiger partial charge in [-0.15, -0.1) is 5.10 Å². The zero-order valence-electron chi connectivity index (χ0n) is 9.46. The number of nitrogens with zero attached hydrogens (tertiary/aromatic N) is 4. The van der Waals surface area contributed by atoms with Gasteiger partial charge in [-0.25, -0.2) is 9.67 Å². The largest absolute Gasteiger partial charge is 0.269 e. The van der Waals surface area contributed by atoms with E-state index in [4.69, 9.17) is 11.6 Å². The number of hydrogen-bond acceptors (Lipinski definition) is 4. The number of benzene rings is 1. The summed E-state index contributed by atoms with van der Waals surface area (Å²) in [6, 6.07) is 7.43. The fourth-order valence-corrected chi connectivity index (χ4v) is 1.87. The summed E-state index contributed by atoms with van der Waals surface area (Å²) in [5, 5.41) is 5.73. The molecule has 0 aliphatic heterocycles. The molecule has 2 aromatic rings. The normalized spacial score (nSPS) is 11.2. The Morgan fingerprint density at radius 1 is 1.35 bits per heavy atom. The van der Waals surface area contributed by atoms with Crippen LogP contribution in [0.2, 0.25) is 5.02 Å². The van der Waals surface area contributed by atoms with Crippen molar-refractivity contribution in [2.24, 2.45) is 12.0 Å². The van der Waals surface area contributed by atoms with Gasteiger partial charge in [-0.3, -0.25) is 0 Å². The Hall–Kier alpha value is -1.33. The average Bonchev–Trinajstić information content (AvgIpc) is 2.69. The Kier molecular flexibility index (Phi) is 3.81. The molecule has 0 N–H and O–H groups in total. The molecule has 17 heavy (non-hydrogen) atoms. The molecule has 0 aliphatic carbocycles. The number of hydrogen-bond donors (Lipinski definition) is 0. The van der Waals surface area contributed by atoms with Crippen molar-refractivity contribution in [3.8, 4) is 0 Å². The van der Waals surface area contributed by atoms with Crippen LogP contribution in [0, 0.1) is 0 Å². The molecule has 0 aliphatic rings. The highest BCUT2D eigenvalue weighted by atomic mass is 35.5. The van der Waals surface area contributed by atoms with Gasteiger partial charge in [0, 0.05) is 18.3 Å². The summed E-state index contributed by atoms with van der Waals surface area (Å²) in [6.07, 6.45) is 3.67. The summed E-state index contributed by atoms with van der Waals surface area (Å²) in [5.41, 5.74) is 0.965. The molecule has 0 radical (unpaired) electrons. The maximum atomic E-state index is 5.80. The summed E-state index contributed by atoms with van der Waals surface area (Å²) < 4.78 is 1.71. The van der Waals surface area contributed by atoms with E-state index in [1.807, 2.05) is 37.6 Å². The number of thioether (sulfide) groups is 1. The number of rotatable bonds is 3. The minimum Gasteiger partial charge on any atom is -0.242 e. The monoisotopic (exact) mass is 266 g/mol. The molecule has 0 atom stereocenters. The van der Waals surface area contributed by atoms with E-state index in [0.717, 1.165) is 10.7 Å². The third-order valence-corrected chi connectivity index (χ3v) is 3.07. The Labute approximate surface area is 109 Å². The molecular weight excluding hydrogens is 256 g/mol. The first-order valence-corrected chi connectivity index (χ1v) is 6.54. The van der Waals surface area contributed by atoms with Crippen LogP contribution >= 0.6 is 23.4 Å². The number of aryl methyl sites for hydroxylation is 1. The molecule has 4 nitrogen and oxygen atoms in total.